The first-order valence-electron chi connectivity index (χ1n) is 11.1. The van der Waals surface area contributed by atoms with Crippen LogP contribution in [0.1, 0.15) is 38.5 Å². The lowest BCUT2D eigenvalue weighted by Gasteiger charge is -2.57. The van der Waals surface area contributed by atoms with Crippen LogP contribution in [0.15, 0.2) is 29.2 Å². The molecule has 1 aromatic carbocycles. The maximum Gasteiger partial charge on any atom is 0.243 e. The number of hydrogen-bond acceptors (Lipinski definition) is 4. The predicted molar refractivity (Wildman–Crippen MR) is 111 cm³/mol. The highest BCUT2D eigenvalue weighted by Gasteiger charge is 2.51. The van der Waals surface area contributed by atoms with Crippen molar-refractivity contribution >= 4 is 15.9 Å². The average molecular weight is 436 g/mol. The highest BCUT2D eigenvalue weighted by molar-refractivity contribution is 7.89. The number of carbonyl (C=O) groups excluding carboxylic acids is 1. The zero-order chi connectivity index (χ0) is 20.9. The third kappa shape index (κ3) is 3.89. The lowest BCUT2D eigenvalue weighted by Crippen LogP contribution is -2.61. The van der Waals surface area contributed by atoms with Gasteiger partial charge in [-0.1, -0.05) is 0 Å². The van der Waals surface area contributed by atoms with E-state index in [0.717, 1.165) is 49.1 Å². The van der Waals surface area contributed by atoms with Crippen molar-refractivity contribution in [3.8, 4) is 0 Å². The molecule has 0 radical (unpaired) electrons. The molecule has 1 saturated heterocycles. The number of sulfonamides is 1. The molecule has 30 heavy (non-hydrogen) atoms. The van der Waals surface area contributed by atoms with Gasteiger partial charge in [0.2, 0.25) is 15.9 Å². The number of hydrogen-bond donors (Lipinski definition) is 1. The Hall–Kier alpha value is -1.51. The smallest absolute Gasteiger partial charge is 0.243 e. The Bertz CT molecular complexity index is 875. The summed E-state index contributed by atoms with van der Waals surface area (Å²) < 4.78 is 40.0. The van der Waals surface area contributed by atoms with Crippen LogP contribution in [0.3, 0.4) is 0 Å². The minimum atomic E-state index is -3.63. The van der Waals surface area contributed by atoms with Gasteiger partial charge < -0.3 is 5.32 Å². The van der Waals surface area contributed by atoms with E-state index >= 15 is 0 Å². The van der Waals surface area contributed by atoms with Gasteiger partial charge in [-0.05, 0) is 80.5 Å². The lowest BCUT2D eigenvalue weighted by atomic mass is 9.53. The van der Waals surface area contributed by atoms with E-state index < -0.39 is 15.8 Å². The molecule has 1 amide bonds. The standard InChI is InChI=1S/C22H30FN3O3S/c23-19-1-3-20(4-2-19)30(28,29)26-7-5-25(6-8-26)15-21(27)24-22-12-16-9-17(13-22)11-18(10-16)14-22/h1-4,16-18H,5-15H2,(H,24,27). The molecule has 0 unspecified atom stereocenters. The summed E-state index contributed by atoms with van der Waals surface area (Å²) >= 11 is 0. The van der Waals surface area contributed by atoms with Gasteiger partial charge in [-0.2, -0.15) is 4.31 Å². The Morgan fingerprint density at radius 3 is 2.03 bits per heavy atom. The van der Waals surface area contributed by atoms with Crippen LogP contribution < -0.4 is 5.32 Å². The molecule has 0 atom stereocenters. The molecule has 0 aromatic heterocycles. The van der Waals surface area contributed by atoms with Gasteiger partial charge in [-0.25, -0.2) is 12.8 Å². The Morgan fingerprint density at radius 1 is 0.967 bits per heavy atom. The monoisotopic (exact) mass is 435 g/mol. The molecule has 6 nitrogen and oxygen atoms in total. The van der Waals surface area contributed by atoms with Gasteiger partial charge in [-0.15, -0.1) is 0 Å². The number of amides is 1. The number of benzene rings is 1. The van der Waals surface area contributed by atoms with Crippen molar-refractivity contribution in [1.29, 1.82) is 0 Å². The first-order chi connectivity index (χ1) is 14.3. The molecular formula is C22H30FN3O3S. The maximum atomic E-state index is 13.1. The lowest BCUT2D eigenvalue weighted by molar-refractivity contribution is -0.128. The molecule has 1 aromatic rings. The summed E-state index contributed by atoms with van der Waals surface area (Å²) in [7, 11) is -3.63. The maximum absolute atomic E-state index is 13.1. The second kappa shape index (κ2) is 7.57. The number of carbonyl (C=O) groups is 1. The molecule has 6 rings (SSSR count). The fourth-order valence-electron chi connectivity index (χ4n) is 6.69. The molecule has 5 aliphatic rings. The largest absolute Gasteiger partial charge is 0.350 e. The highest BCUT2D eigenvalue weighted by atomic mass is 32.2. The molecule has 4 aliphatic carbocycles. The van der Waals surface area contributed by atoms with E-state index in [1.807, 2.05) is 4.90 Å². The van der Waals surface area contributed by atoms with Gasteiger partial charge in [0.25, 0.3) is 0 Å². The average Bonchev–Trinajstić information content (AvgIpc) is 2.67. The van der Waals surface area contributed by atoms with Crippen LogP contribution in [0.2, 0.25) is 0 Å². The zero-order valence-corrected chi connectivity index (χ0v) is 18.0. The second-order valence-electron chi connectivity index (χ2n) is 9.88. The van der Waals surface area contributed by atoms with Crippen LogP contribution in [0, 0.1) is 23.6 Å². The normalized spacial score (nSPS) is 34.2. The highest BCUT2D eigenvalue weighted by Crippen LogP contribution is 2.55. The quantitative estimate of drug-likeness (QED) is 0.770. The Balaban J connectivity index is 1.15. The Morgan fingerprint density at radius 2 is 1.50 bits per heavy atom. The van der Waals surface area contributed by atoms with Crippen LogP contribution in [0.4, 0.5) is 4.39 Å². The van der Waals surface area contributed by atoms with E-state index in [4.69, 9.17) is 0 Å². The van der Waals surface area contributed by atoms with Crippen LogP contribution in [0.5, 0.6) is 0 Å². The third-order valence-corrected chi connectivity index (χ3v) is 9.51. The molecule has 1 N–H and O–H groups in total. The molecule has 0 spiro atoms. The van der Waals surface area contributed by atoms with Gasteiger partial charge in [0.15, 0.2) is 0 Å². The summed E-state index contributed by atoms with van der Waals surface area (Å²) in [5, 5.41) is 3.40. The van der Waals surface area contributed by atoms with E-state index in [1.54, 1.807) is 0 Å². The first-order valence-corrected chi connectivity index (χ1v) is 12.5. The molecule has 1 aliphatic heterocycles. The van der Waals surface area contributed by atoms with Crippen molar-refractivity contribution < 1.29 is 17.6 Å². The molecule has 1 heterocycles. The van der Waals surface area contributed by atoms with E-state index in [9.17, 15) is 17.6 Å². The SMILES string of the molecule is O=C(CN1CCN(S(=O)(=O)c2ccc(F)cc2)CC1)NC12CC3CC(CC(C3)C1)C2. The number of piperazine rings is 1. The minimum absolute atomic E-state index is 0.0135. The van der Waals surface area contributed by atoms with Gasteiger partial charge >= 0.3 is 0 Å². The number of rotatable bonds is 5. The fourth-order valence-corrected chi connectivity index (χ4v) is 8.11. The summed E-state index contributed by atoms with van der Waals surface area (Å²) in [4.78, 5) is 15.0. The third-order valence-electron chi connectivity index (χ3n) is 7.59. The number of nitrogens with zero attached hydrogens (tertiary/aromatic N) is 2. The van der Waals surface area contributed by atoms with Gasteiger partial charge in [0.1, 0.15) is 5.82 Å². The number of halogens is 1. The van der Waals surface area contributed by atoms with Gasteiger partial charge in [0.05, 0.1) is 11.4 Å². The Labute approximate surface area is 177 Å². The minimum Gasteiger partial charge on any atom is -0.350 e. The Kier molecular flexibility index (Phi) is 5.14. The second-order valence-corrected chi connectivity index (χ2v) is 11.8. The van der Waals surface area contributed by atoms with E-state index in [0.29, 0.717) is 32.7 Å². The number of nitrogens with one attached hydrogen (secondary N) is 1. The van der Waals surface area contributed by atoms with Crippen LogP contribution in [0.25, 0.3) is 0 Å². The first kappa shape index (κ1) is 20.4. The fraction of sp³-hybridized carbons (Fsp3) is 0.682. The van der Waals surface area contributed by atoms with Crippen molar-refractivity contribution in [2.75, 3.05) is 32.7 Å². The van der Waals surface area contributed by atoms with Crippen LogP contribution >= 0.6 is 0 Å². The summed E-state index contributed by atoms with van der Waals surface area (Å²) in [5.74, 6) is 1.99. The summed E-state index contributed by atoms with van der Waals surface area (Å²) in [6.45, 7) is 2.05. The molecule has 8 heteroatoms. The zero-order valence-electron chi connectivity index (χ0n) is 17.2. The van der Waals surface area contributed by atoms with Crippen LogP contribution in [-0.2, 0) is 14.8 Å². The van der Waals surface area contributed by atoms with Crippen molar-refractivity contribution in [3.05, 3.63) is 30.1 Å². The van der Waals surface area contributed by atoms with Crippen molar-refractivity contribution in [2.24, 2.45) is 17.8 Å². The molecule has 164 valence electrons. The molecule has 4 bridgehead atoms. The molecular weight excluding hydrogens is 405 g/mol. The van der Waals surface area contributed by atoms with E-state index in [2.05, 4.69) is 5.32 Å². The topological polar surface area (TPSA) is 69.7 Å². The predicted octanol–water partition coefficient (Wildman–Crippen LogP) is 2.22. The summed E-state index contributed by atoms with van der Waals surface area (Å²) in [6, 6.07) is 4.93. The van der Waals surface area contributed by atoms with Crippen molar-refractivity contribution in [2.45, 2.75) is 49.0 Å². The van der Waals surface area contributed by atoms with Crippen molar-refractivity contribution in [3.63, 3.8) is 0 Å². The van der Waals surface area contributed by atoms with E-state index in [-0.39, 0.29) is 16.3 Å². The van der Waals surface area contributed by atoms with Crippen LogP contribution in [-0.4, -0.2) is 61.8 Å². The van der Waals surface area contributed by atoms with Gasteiger partial charge in [-0.3, -0.25) is 9.69 Å². The summed E-state index contributed by atoms with van der Waals surface area (Å²) in [6.07, 6.45) is 7.44. The molecule has 4 saturated carbocycles. The molecule has 5 fully saturated rings. The van der Waals surface area contributed by atoms with Crippen molar-refractivity contribution in [1.82, 2.24) is 14.5 Å². The van der Waals surface area contributed by atoms with Gasteiger partial charge in [0, 0.05) is 31.7 Å². The van der Waals surface area contributed by atoms with E-state index in [1.165, 1.54) is 35.7 Å². The summed E-state index contributed by atoms with van der Waals surface area (Å²) in [5.41, 5.74) is 0.0135.